The van der Waals surface area contributed by atoms with E-state index in [0.717, 1.165) is 12.8 Å². The van der Waals surface area contributed by atoms with Crippen molar-refractivity contribution in [3.8, 4) is 0 Å². The average Bonchev–Trinajstić information content (AvgIpc) is 3.18. The van der Waals surface area contributed by atoms with E-state index in [2.05, 4.69) is 20.6 Å². The molecule has 3 rings (SSSR count). The minimum absolute atomic E-state index is 0.0446. The number of aromatic nitrogens is 2. The number of hydrogen-bond donors (Lipinski definition) is 4. The molecule has 1 aromatic heterocycles. The first kappa shape index (κ1) is 12.5. The molecule has 1 heterocycles. The summed E-state index contributed by atoms with van der Waals surface area (Å²) in [7, 11) is 0. The second-order valence-electron chi connectivity index (χ2n) is 4.88. The maximum absolute atomic E-state index is 11.7. The number of nitrogens with one attached hydrogen (secondary N) is 4. The number of fused-ring (bicyclic) bond motifs is 1. The zero-order valence-corrected chi connectivity index (χ0v) is 10.7. The molecule has 0 atom stereocenters. The highest BCUT2D eigenvalue weighted by molar-refractivity contribution is 5.96. The van der Waals surface area contributed by atoms with Crippen molar-refractivity contribution in [2.45, 2.75) is 12.8 Å². The normalized spacial score (nSPS) is 14.2. The maximum atomic E-state index is 11.7. The van der Waals surface area contributed by atoms with Gasteiger partial charge in [-0.05, 0) is 31.0 Å². The highest BCUT2D eigenvalue weighted by atomic mass is 16.2. The lowest BCUT2D eigenvalue weighted by Gasteiger charge is -2.06. The van der Waals surface area contributed by atoms with Crippen molar-refractivity contribution < 1.29 is 9.59 Å². The van der Waals surface area contributed by atoms with E-state index in [-0.39, 0.29) is 30.0 Å². The molecular weight excluding hydrogens is 260 g/mol. The van der Waals surface area contributed by atoms with Gasteiger partial charge in [-0.25, -0.2) is 4.79 Å². The van der Waals surface area contributed by atoms with Gasteiger partial charge in [0, 0.05) is 11.6 Å². The lowest BCUT2D eigenvalue weighted by atomic mass is 10.2. The zero-order chi connectivity index (χ0) is 14.1. The Morgan fingerprint density at radius 1 is 1.20 bits per heavy atom. The van der Waals surface area contributed by atoms with Crippen molar-refractivity contribution >= 4 is 28.5 Å². The molecule has 2 amide bonds. The molecule has 4 N–H and O–H groups in total. The molecule has 0 spiro atoms. The van der Waals surface area contributed by atoms with Crippen LogP contribution in [0.15, 0.2) is 23.0 Å². The quantitative estimate of drug-likeness (QED) is 0.645. The molecule has 0 bridgehead atoms. The fourth-order valence-corrected chi connectivity index (χ4v) is 1.97. The molecular formula is C13H14N4O3. The number of H-pyrrole nitrogens is 2. The van der Waals surface area contributed by atoms with Crippen molar-refractivity contribution in [1.82, 2.24) is 15.3 Å². The molecule has 1 aromatic carbocycles. The van der Waals surface area contributed by atoms with Gasteiger partial charge in [0.05, 0.1) is 17.6 Å². The Labute approximate surface area is 113 Å². The van der Waals surface area contributed by atoms with Crippen molar-refractivity contribution in [2.24, 2.45) is 5.92 Å². The smallest absolute Gasteiger partial charge is 0.323 e. The standard InChI is InChI=1S/C13H14N4O3/c18-11(6-14-12(19)7-1-2-7)15-8-3-4-9-10(5-8)17-13(20)16-9/h3-5,7H,1-2,6H2,(H,14,19)(H,15,18)(H2,16,17,20). The number of anilines is 1. The molecule has 7 heteroatoms. The van der Waals surface area contributed by atoms with Crippen LogP contribution in [-0.2, 0) is 9.59 Å². The summed E-state index contributed by atoms with van der Waals surface area (Å²) in [5.74, 6) is -0.272. The molecule has 7 nitrogen and oxygen atoms in total. The number of carbonyl (C=O) groups excluding carboxylic acids is 2. The van der Waals surface area contributed by atoms with E-state index in [1.807, 2.05) is 0 Å². The molecule has 1 aliphatic rings. The third kappa shape index (κ3) is 2.71. The molecule has 20 heavy (non-hydrogen) atoms. The van der Waals surface area contributed by atoms with Crippen LogP contribution >= 0.6 is 0 Å². The van der Waals surface area contributed by atoms with Gasteiger partial charge in [-0.2, -0.15) is 0 Å². The summed E-state index contributed by atoms with van der Waals surface area (Å²) in [4.78, 5) is 39.5. The third-order valence-corrected chi connectivity index (χ3v) is 3.17. The fourth-order valence-electron chi connectivity index (χ4n) is 1.97. The molecule has 2 aromatic rings. The Morgan fingerprint density at radius 3 is 2.70 bits per heavy atom. The summed E-state index contributed by atoms with van der Waals surface area (Å²) in [6, 6.07) is 5.05. The average molecular weight is 274 g/mol. The molecule has 0 saturated heterocycles. The lowest BCUT2D eigenvalue weighted by Crippen LogP contribution is -2.33. The molecule has 1 fully saturated rings. The van der Waals surface area contributed by atoms with Crippen molar-refractivity contribution in [3.63, 3.8) is 0 Å². The van der Waals surface area contributed by atoms with Crippen LogP contribution in [0.2, 0.25) is 0 Å². The lowest BCUT2D eigenvalue weighted by molar-refractivity contribution is -0.125. The van der Waals surface area contributed by atoms with E-state index in [9.17, 15) is 14.4 Å². The molecule has 0 aliphatic heterocycles. The second-order valence-corrected chi connectivity index (χ2v) is 4.88. The van der Waals surface area contributed by atoms with Crippen LogP contribution in [0.4, 0.5) is 5.69 Å². The second kappa shape index (κ2) is 4.84. The van der Waals surface area contributed by atoms with Gasteiger partial charge >= 0.3 is 5.69 Å². The summed E-state index contributed by atoms with van der Waals surface area (Å²) in [5.41, 5.74) is 1.57. The van der Waals surface area contributed by atoms with E-state index in [0.29, 0.717) is 16.7 Å². The Hall–Kier alpha value is -2.57. The number of aromatic amines is 2. The minimum atomic E-state index is -0.295. The van der Waals surface area contributed by atoms with Crippen LogP contribution in [0.5, 0.6) is 0 Å². The number of benzene rings is 1. The zero-order valence-electron chi connectivity index (χ0n) is 10.7. The Kier molecular flexibility index (Phi) is 3.02. The van der Waals surface area contributed by atoms with Gasteiger partial charge in [-0.1, -0.05) is 0 Å². The molecule has 0 radical (unpaired) electrons. The highest BCUT2D eigenvalue weighted by Gasteiger charge is 2.29. The predicted molar refractivity (Wildman–Crippen MR) is 73.3 cm³/mol. The maximum Gasteiger partial charge on any atom is 0.323 e. The van der Waals surface area contributed by atoms with Crippen molar-refractivity contribution in [1.29, 1.82) is 0 Å². The minimum Gasteiger partial charge on any atom is -0.347 e. The Balaban J connectivity index is 1.61. The van der Waals surface area contributed by atoms with Gasteiger partial charge in [-0.3, -0.25) is 9.59 Å². The van der Waals surface area contributed by atoms with Gasteiger partial charge < -0.3 is 20.6 Å². The summed E-state index contributed by atoms with van der Waals surface area (Å²) in [5, 5.41) is 5.26. The molecule has 0 unspecified atom stereocenters. The predicted octanol–water partition coefficient (Wildman–Crippen LogP) is 0.321. The molecule has 1 saturated carbocycles. The van der Waals surface area contributed by atoms with Crippen LogP contribution < -0.4 is 16.3 Å². The van der Waals surface area contributed by atoms with E-state index in [4.69, 9.17) is 0 Å². The Morgan fingerprint density at radius 2 is 1.95 bits per heavy atom. The monoisotopic (exact) mass is 274 g/mol. The largest absolute Gasteiger partial charge is 0.347 e. The summed E-state index contributed by atoms with van der Waals surface area (Å²) in [6.07, 6.45) is 1.82. The van der Waals surface area contributed by atoms with Gasteiger partial charge in [0.15, 0.2) is 0 Å². The summed E-state index contributed by atoms with van der Waals surface area (Å²) in [6.45, 7) is -0.0446. The number of rotatable bonds is 4. The van der Waals surface area contributed by atoms with Crippen LogP contribution in [0.3, 0.4) is 0 Å². The number of amides is 2. The molecule has 104 valence electrons. The number of carbonyl (C=O) groups is 2. The third-order valence-electron chi connectivity index (χ3n) is 3.17. The van der Waals surface area contributed by atoms with E-state index < -0.39 is 0 Å². The first-order valence-corrected chi connectivity index (χ1v) is 6.41. The molecule has 1 aliphatic carbocycles. The van der Waals surface area contributed by atoms with Crippen LogP contribution in [0, 0.1) is 5.92 Å². The van der Waals surface area contributed by atoms with Gasteiger partial charge in [-0.15, -0.1) is 0 Å². The topological polar surface area (TPSA) is 107 Å². The number of hydrogen-bond acceptors (Lipinski definition) is 3. The Bertz CT molecular complexity index is 727. The van der Waals surface area contributed by atoms with Gasteiger partial charge in [0.2, 0.25) is 11.8 Å². The highest BCUT2D eigenvalue weighted by Crippen LogP contribution is 2.28. The van der Waals surface area contributed by atoms with Crippen molar-refractivity contribution in [3.05, 3.63) is 28.7 Å². The first-order chi connectivity index (χ1) is 9.61. The van der Waals surface area contributed by atoms with E-state index in [1.165, 1.54) is 0 Å². The van der Waals surface area contributed by atoms with Crippen molar-refractivity contribution in [2.75, 3.05) is 11.9 Å². The van der Waals surface area contributed by atoms with E-state index in [1.54, 1.807) is 18.2 Å². The van der Waals surface area contributed by atoms with Crippen LogP contribution in [-0.4, -0.2) is 28.3 Å². The summed E-state index contributed by atoms with van der Waals surface area (Å²) < 4.78 is 0. The van der Waals surface area contributed by atoms with Gasteiger partial charge in [0.25, 0.3) is 0 Å². The SMILES string of the molecule is O=C(CNC(=O)C1CC1)Nc1ccc2[nH]c(=O)[nH]c2c1. The van der Waals surface area contributed by atoms with Gasteiger partial charge in [0.1, 0.15) is 0 Å². The first-order valence-electron chi connectivity index (χ1n) is 6.41. The van der Waals surface area contributed by atoms with Crippen LogP contribution in [0.1, 0.15) is 12.8 Å². The summed E-state index contributed by atoms with van der Waals surface area (Å²) >= 11 is 0. The fraction of sp³-hybridized carbons (Fsp3) is 0.308. The number of imidazole rings is 1. The van der Waals surface area contributed by atoms with Crippen LogP contribution in [0.25, 0.3) is 11.0 Å². The van der Waals surface area contributed by atoms with E-state index >= 15 is 0 Å².